The molecule has 1 saturated heterocycles. The molecule has 1 fully saturated rings. The average molecular weight is 446 g/mol. The van der Waals surface area contributed by atoms with Crippen LogP contribution in [0, 0.1) is 0 Å². The van der Waals surface area contributed by atoms with E-state index in [2.05, 4.69) is 6.58 Å². The van der Waals surface area contributed by atoms with Crippen molar-refractivity contribution in [3.8, 4) is 17.2 Å². The average Bonchev–Trinajstić information content (AvgIpc) is 3.01. The third-order valence-electron chi connectivity index (χ3n) is 4.11. The molecule has 2 aromatic rings. The number of carbonyl (C=O) groups is 2. The van der Waals surface area contributed by atoms with Gasteiger partial charge in [0.2, 0.25) is 0 Å². The maximum Gasteiger partial charge on any atom is 0.293 e. The Labute approximate surface area is 184 Å². The fourth-order valence-electron chi connectivity index (χ4n) is 2.67. The molecule has 0 saturated carbocycles. The normalized spacial score (nSPS) is 14.9. The molecule has 3 rings (SSSR count). The molecule has 30 heavy (non-hydrogen) atoms. The number of imide groups is 1. The maximum atomic E-state index is 12.6. The summed E-state index contributed by atoms with van der Waals surface area (Å²) in [6, 6.07) is 12.2. The van der Waals surface area contributed by atoms with E-state index in [4.69, 9.17) is 25.8 Å². The number of benzene rings is 2. The molecule has 0 spiro atoms. The monoisotopic (exact) mass is 445 g/mol. The van der Waals surface area contributed by atoms with Crippen LogP contribution in [0.5, 0.6) is 17.2 Å². The molecule has 1 aliphatic rings. The van der Waals surface area contributed by atoms with Crippen molar-refractivity contribution in [3.05, 3.63) is 70.6 Å². The predicted molar refractivity (Wildman–Crippen MR) is 118 cm³/mol. The van der Waals surface area contributed by atoms with Crippen LogP contribution in [0.15, 0.2) is 60.0 Å². The van der Waals surface area contributed by atoms with Gasteiger partial charge in [0.1, 0.15) is 19.0 Å². The molecule has 1 heterocycles. The number of methoxy groups -OCH3 is 1. The lowest BCUT2D eigenvalue weighted by Crippen LogP contribution is -2.32. The second kappa shape index (κ2) is 10.2. The number of carbonyl (C=O) groups excluding carboxylic acids is 2. The smallest absolute Gasteiger partial charge is 0.293 e. The lowest BCUT2D eigenvalue weighted by atomic mass is 10.2. The van der Waals surface area contributed by atoms with Gasteiger partial charge in [-0.05, 0) is 59.8 Å². The Balaban J connectivity index is 1.65. The van der Waals surface area contributed by atoms with Gasteiger partial charge in [0.25, 0.3) is 11.1 Å². The molecule has 0 bridgehead atoms. The van der Waals surface area contributed by atoms with Crippen LogP contribution in [0.2, 0.25) is 5.02 Å². The maximum absolute atomic E-state index is 12.6. The lowest BCUT2D eigenvalue weighted by molar-refractivity contribution is -0.123. The van der Waals surface area contributed by atoms with E-state index in [0.717, 1.165) is 17.3 Å². The van der Waals surface area contributed by atoms with Crippen LogP contribution in [-0.2, 0) is 4.79 Å². The molecule has 1 aliphatic heterocycles. The van der Waals surface area contributed by atoms with Crippen LogP contribution >= 0.6 is 23.4 Å². The zero-order valence-electron chi connectivity index (χ0n) is 16.3. The first-order valence-electron chi connectivity index (χ1n) is 9.07. The van der Waals surface area contributed by atoms with E-state index in [1.165, 1.54) is 12.0 Å². The summed E-state index contributed by atoms with van der Waals surface area (Å²) < 4.78 is 16.4. The van der Waals surface area contributed by atoms with Gasteiger partial charge in [0, 0.05) is 5.02 Å². The molecule has 0 aromatic heterocycles. The van der Waals surface area contributed by atoms with Gasteiger partial charge in [0.05, 0.1) is 18.6 Å². The number of amides is 2. The number of ether oxygens (including phenoxy) is 3. The number of thioether (sulfide) groups is 1. The van der Waals surface area contributed by atoms with Gasteiger partial charge in [-0.2, -0.15) is 0 Å². The highest BCUT2D eigenvalue weighted by atomic mass is 35.5. The topological polar surface area (TPSA) is 65.1 Å². The van der Waals surface area contributed by atoms with Crippen molar-refractivity contribution in [1.82, 2.24) is 4.90 Å². The number of hydrogen-bond donors (Lipinski definition) is 0. The highest BCUT2D eigenvalue weighted by Gasteiger charge is 2.34. The molecule has 0 unspecified atom stereocenters. The Morgan fingerprint density at radius 3 is 2.57 bits per heavy atom. The zero-order valence-corrected chi connectivity index (χ0v) is 17.9. The molecule has 2 amide bonds. The second-order valence-electron chi connectivity index (χ2n) is 6.15. The summed E-state index contributed by atoms with van der Waals surface area (Å²) in [4.78, 5) is 26.4. The van der Waals surface area contributed by atoms with Crippen molar-refractivity contribution in [2.45, 2.75) is 0 Å². The first-order chi connectivity index (χ1) is 14.5. The molecule has 0 atom stereocenters. The van der Waals surface area contributed by atoms with Crippen molar-refractivity contribution in [2.75, 3.05) is 26.9 Å². The van der Waals surface area contributed by atoms with Crippen molar-refractivity contribution in [2.24, 2.45) is 0 Å². The van der Waals surface area contributed by atoms with Crippen molar-refractivity contribution < 1.29 is 23.8 Å². The van der Waals surface area contributed by atoms with Crippen LogP contribution in [0.1, 0.15) is 5.56 Å². The van der Waals surface area contributed by atoms with E-state index < -0.39 is 0 Å². The van der Waals surface area contributed by atoms with Crippen LogP contribution < -0.4 is 14.2 Å². The molecule has 6 nitrogen and oxygen atoms in total. The minimum Gasteiger partial charge on any atom is -0.493 e. The molecule has 0 aliphatic carbocycles. The van der Waals surface area contributed by atoms with Gasteiger partial charge >= 0.3 is 0 Å². The molecule has 2 aromatic carbocycles. The summed E-state index contributed by atoms with van der Waals surface area (Å²) in [6.45, 7) is 4.31. The molecule has 0 N–H and O–H groups in total. The minimum absolute atomic E-state index is 0.155. The minimum atomic E-state index is -0.351. The predicted octanol–water partition coefficient (Wildman–Crippen LogP) is 5.03. The lowest BCUT2D eigenvalue weighted by Gasteiger charge is -2.13. The number of halogens is 1. The standard InChI is InChI=1S/C22H20ClNO5S/c1-3-11-29-18-9-4-15(13-19(18)27-2)14-20-21(25)24(22(26)30-20)10-12-28-17-7-5-16(23)6-8-17/h3-9,13-14H,1,10-12H2,2H3/b20-14-. The third kappa shape index (κ3) is 5.37. The number of rotatable bonds is 9. The van der Waals surface area contributed by atoms with Crippen LogP contribution in [0.25, 0.3) is 6.08 Å². The highest BCUT2D eigenvalue weighted by molar-refractivity contribution is 8.18. The second-order valence-corrected chi connectivity index (χ2v) is 7.58. The van der Waals surface area contributed by atoms with E-state index in [1.54, 1.807) is 54.6 Å². The van der Waals surface area contributed by atoms with Gasteiger partial charge in [-0.15, -0.1) is 0 Å². The molecule has 8 heteroatoms. The van der Waals surface area contributed by atoms with E-state index >= 15 is 0 Å². The number of nitrogens with zero attached hydrogens (tertiary/aromatic N) is 1. The Morgan fingerprint density at radius 2 is 1.87 bits per heavy atom. The van der Waals surface area contributed by atoms with Crippen molar-refractivity contribution >= 4 is 40.6 Å². The molecular weight excluding hydrogens is 426 g/mol. The van der Waals surface area contributed by atoms with Gasteiger partial charge < -0.3 is 14.2 Å². The summed E-state index contributed by atoms with van der Waals surface area (Å²) in [7, 11) is 1.54. The van der Waals surface area contributed by atoms with Crippen LogP contribution in [-0.4, -0.2) is 42.9 Å². The quantitative estimate of drug-likeness (QED) is 0.398. The van der Waals surface area contributed by atoms with Gasteiger partial charge in [-0.3, -0.25) is 14.5 Å². The Morgan fingerprint density at radius 1 is 1.10 bits per heavy atom. The SMILES string of the molecule is C=CCOc1ccc(/C=C2\SC(=O)N(CCOc3ccc(Cl)cc3)C2=O)cc1OC. The molecular formula is C22H20ClNO5S. The molecule has 156 valence electrons. The third-order valence-corrected chi connectivity index (χ3v) is 5.27. The fraction of sp³-hybridized carbons (Fsp3) is 0.182. The highest BCUT2D eigenvalue weighted by Crippen LogP contribution is 2.34. The van der Waals surface area contributed by atoms with E-state index in [9.17, 15) is 9.59 Å². The largest absolute Gasteiger partial charge is 0.493 e. The zero-order chi connectivity index (χ0) is 21.5. The van der Waals surface area contributed by atoms with Crippen LogP contribution in [0.3, 0.4) is 0 Å². The first kappa shape index (κ1) is 21.8. The van der Waals surface area contributed by atoms with Gasteiger partial charge in [-0.1, -0.05) is 30.3 Å². The van der Waals surface area contributed by atoms with E-state index in [-0.39, 0.29) is 24.3 Å². The summed E-state index contributed by atoms with van der Waals surface area (Å²) in [5.74, 6) is 1.37. The number of hydrogen-bond acceptors (Lipinski definition) is 6. The fourth-order valence-corrected chi connectivity index (χ4v) is 3.66. The van der Waals surface area contributed by atoms with Gasteiger partial charge in [-0.25, -0.2) is 0 Å². The van der Waals surface area contributed by atoms with Crippen LogP contribution in [0.4, 0.5) is 4.79 Å². The summed E-state index contributed by atoms with van der Waals surface area (Å²) >= 11 is 6.74. The van der Waals surface area contributed by atoms with E-state index in [1.807, 2.05) is 0 Å². The summed E-state index contributed by atoms with van der Waals surface area (Å²) in [5, 5.41) is 0.277. The Hall–Kier alpha value is -2.90. The van der Waals surface area contributed by atoms with Crippen molar-refractivity contribution in [1.29, 1.82) is 0 Å². The van der Waals surface area contributed by atoms with Crippen molar-refractivity contribution in [3.63, 3.8) is 0 Å². The van der Waals surface area contributed by atoms with Gasteiger partial charge in [0.15, 0.2) is 11.5 Å². The summed E-state index contributed by atoms with van der Waals surface area (Å²) in [6.07, 6.45) is 3.30. The Kier molecular flexibility index (Phi) is 7.43. The summed E-state index contributed by atoms with van der Waals surface area (Å²) in [5.41, 5.74) is 0.723. The molecule has 0 radical (unpaired) electrons. The Bertz CT molecular complexity index is 974. The first-order valence-corrected chi connectivity index (χ1v) is 10.3. The van der Waals surface area contributed by atoms with E-state index in [0.29, 0.717) is 33.8 Å².